The van der Waals surface area contributed by atoms with E-state index in [1.165, 1.54) is 17.4 Å². The quantitative estimate of drug-likeness (QED) is 0.465. The van der Waals surface area contributed by atoms with Gasteiger partial charge in [0, 0.05) is 32.7 Å². The maximum absolute atomic E-state index is 14.2. The molecule has 0 spiro atoms. The molecule has 0 saturated carbocycles. The van der Waals surface area contributed by atoms with Crippen molar-refractivity contribution >= 4 is 39.0 Å². The fourth-order valence-corrected chi connectivity index (χ4v) is 5.56. The molecule has 0 radical (unpaired) electrons. The van der Waals surface area contributed by atoms with Crippen LogP contribution in [0.1, 0.15) is 35.5 Å². The van der Waals surface area contributed by atoms with Crippen LogP contribution in [0, 0.1) is 12.7 Å². The number of para-hydroxylation sites is 1. The first-order chi connectivity index (χ1) is 16.5. The van der Waals surface area contributed by atoms with E-state index >= 15 is 0 Å². The van der Waals surface area contributed by atoms with Crippen molar-refractivity contribution in [1.29, 1.82) is 0 Å². The molecule has 182 valence electrons. The Bertz CT molecular complexity index is 1120. The molecule has 1 aliphatic rings. The lowest BCUT2D eigenvalue weighted by molar-refractivity contribution is 0.0955. The highest BCUT2D eigenvalue weighted by atomic mass is 32.1. The Hall–Kier alpha value is -2.78. The van der Waals surface area contributed by atoms with E-state index < -0.39 is 0 Å². The molecule has 1 aliphatic heterocycles. The first-order valence-corrected chi connectivity index (χ1v) is 12.8. The summed E-state index contributed by atoms with van der Waals surface area (Å²) in [6.07, 6.45) is 2.50. The van der Waals surface area contributed by atoms with Crippen LogP contribution in [-0.4, -0.2) is 73.1 Å². The molecule has 3 heterocycles. The molecular formula is C25H33FN6OS. The lowest BCUT2D eigenvalue weighted by Gasteiger charge is -2.37. The van der Waals surface area contributed by atoms with E-state index in [1.807, 2.05) is 19.1 Å². The third kappa shape index (κ3) is 5.15. The van der Waals surface area contributed by atoms with Crippen molar-refractivity contribution in [1.82, 2.24) is 20.2 Å². The minimum atomic E-state index is -0.193. The zero-order valence-electron chi connectivity index (χ0n) is 20.2. The average molecular weight is 485 g/mol. The van der Waals surface area contributed by atoms with E-state index in [1.54, 1.807) is 12.4 Å². The number of carbonyl (C=O) groups excluding carboxylic acids is 1. The average Bonchev–Trinajstić information content (AvgIpc) is 3.21. The molecule has 4 rings (SSSR count). The van der Waals surface area contributed by atoms with Crippen molar-refractivity contribution in [2.75, 3.05) is 62.2 Å². The Labute approximate surface area is 204 Å². The second-order valence-corrected chi connectivity index (χ2v) is 9.49. The molecule has 1 N–H and O–H groups in total. The first kappa shape index (κ1) is 24.3. The van der Waals surface area contributed by atoms with Gasteiger partial charge >= 0.3 is 0 Å². The molecule has 1 fully saturated rings. The number of halogens is 1. The molecule has 0 atom stereocenters. The highest BCUT2D eigenvalue weighted by Crippen LogP contribution is 2.35. The van der Waals surface area contributed by atoms with Crippen LogP contribution in [0.15, 0.2) is 30.6 Å². The van der Waals surface area contributed by atoms with Gasteiger partial charge in [0.05, 0.1) is 16.0 Å². The van der Waals surface area contributed by atoms with Crippen LogP contribution in [0.3, 0.4) is 0 Å². The summed E-state index contributed by atoms with van der Waals surface area (Å²) in [6, 6.07) is 6.90. The number of nitrogens with one attached hydrogen (secondary N) is 1. The number of aromatic nitrogens is 2. The van der Waals surface area contributed by atoms with Crippen molar-refractivity contribution < 1.29 is 9.18 Å². The second-order valence-electron chi connectivity index (χ2n) is 8.50. The molecule has 1 aromatic carbocycles. The number of amides is 1. The van der Waals surface area contributed by atoms with Gasteiger partial charge in [-0.25, -0.2) is 14.4 Å². The number of piperazine rings is 1. The van der Waals surface area contributed by atoms with Crippen LogP contribution in [-0.2, 0) is 0 Å². The van der Waals surface area contributed by atoms with E-state index in [0.29, 0.717) is 30.2 Å². The van der Waals surface area contributed by atoms with E-state index in [4.69, 9.17) is 0 Å². The Kier molecular flexibility index (Phi) is 7.95. The molecule has 0 bridgehead atoms. The van der Waals surface area contributed by atoms with Gasteiger partial charge in [0.1, 0.15) is 22.8 Å². The summed E-state index contributed by atoms with van der Waals surface area (Å²) in [5.41, 5.74) is 1.56. The number of rotatable bonds is 9. The summed E-state index contributed by atoms with van der Waals surface area (Å²) < 4.78 is 14.2. The third-order valence-corrected chi connectivity index (χ3v) is 7.72. The van der Waals surface area contributed by atoms with Crippen molar-refractivity contribution in [3.05, 3.63) is 46.9 Å². The molecule has 3 aromatic rings. The maximum Gasteiger partial charge on any atom is 0.261 e. The van der Waals surface area contributed by atoms with Crippen LogP contribution >= 0.6 is 11.3 Å². The molecule has 1 saturated heterocycles. The fourth-order valence-electron chi connectivity index (χ4n) is 4.50. The number of aryl methyl sites for hydroxylation is 1. The molecule has 7 nitrogen and oxygen atoms in total. The van der Waals surface area contributed by atoms with Crippen molar-refractivity contribution in [3.8, 4) is 0 Å². The molecule has 1 amide bonds. The van der Waals surface area contributed by atoms with Crippen LogP contribution in [0.5, 0.6) is 0 Å². The predicted molar refractivity (Wildman–Crippen MR) is 138 cm³/mol. The topological polar surface area (TPSA) is 64.6 Å². The number of thiophene rings is 1. The van der Waals surface area contributed by atoms with E-state index in [0.717, 1.165) is 60.7 Å². The molecule has 9 heteroatoms. The summed E-state index contributed by atoms with van der Waals surface area (Å²) in [5.74, 6) is 0.615. The largest absolute Gasteiger partial charge is 0.366 e. The van der Waals surface area contributed by atoms with Crippen LogP contribution < -0.4 is 15.1 Å². The van der Waals surface area contributed by atoms with Gasteiger partial charge in [0.15, 0.2) is 0 Å². The fraction of sp³-hybridized carbons (Fsp3) is 0.480. The molecule has 0 aliphatic carbocycles. The number of anilines is 2. The number of hydrogen-bond acceptors (Lipinski definition) is 7. The van der Waals surface area contributed by atoms with Crippen LogP contribution in [0.4, 0.5) is 15.9 Å². The SMILES string of the molecule is CCN(CC)CCCNC(=O)c1sc2ncnc(N3CCN(c4ccccc4F)CC3)c2c1C. The molecular weight excluding hydrogens is 451 g/mol. The Morgan fingerprint density at radius 2 is 1.82 bits per heavy atom. The Balaban J connectivity index is 1.45. The molecule has 34 heavy (non-hydrogen) atoms. The Morgan fingerprint density at radius 3 is 2.53 bits per heavy atom. The highest BCUT2D eigenvalue weighted by molar-refractivity contribution is 7.20. The van der Waals surface area contributed by atoms with Crippen molar-refractivity contribution in [2.45, 2.75) is 27.2 Å². The van der Waals surface area contributed by atoms with Gasteiger partial charge in [-0.3, -0.25) is 4.79 Å². The van der Waals surface area contributed by atoms with Gasteiger partial charge in [-0.2, -0.15) is 0 Å². The number of hydrogen-bond donors (Lipinski definition) is 1. The minimum absolute atomic E-state index is 0.0460. The monoisotopic (exact) mass is 484 g/mol. The third-order valence-electron chi connectivity index (χ3n) is 6.52. The van der Waals surface area contributed by atoms with Crippen molar-refractivity contribution in [2.24, 2.45) is 0 Å². The summed E-state index contributed by atoms with van der Waals surface area (Å²) >= 11 is 1.42. The minimum Gasteiger partial charge on any atom is -0.366 e. The van der Waals surface area contributed by atoms with Gasteiger partial charge in [-0.1, -0.05) is 26.0 Å². The smallest absolute Gasteiger partial charge is 0.261 e. The summed E-state index contributed by atoms with van der Waals surface area (Å²) in [4.78, 5) is 30.1. The normalized spacial score (nSPS) is 14.3. The molecule has 2 aromatic heterocycles. The lowest BCUT2D eigenvalue weighted by atomic mass is 10.1. The number of carbonyl (C=O) groups is 1. The van der Waals surface area contributed by atoms with Crippen LogP contribution in [0.25, 0.3) is 10.2 Å². The molecule has 0 unspecified atom stereocenters. The summed E-state index contributed by atoms with van der Waals surface area (Å²) in [6.45, 7) is 12.8. The summed E-state index contributed by atoms with van der Waals surface area (Å²) in [5, 5.41) is 4.02. The summed E-state index contributed by atoms with van der Waals surface area (Å²) in [7, 11) is 0. The zero-order valence-corrected chi connectivity index (χ0v) is 21.0. The van der Waals surface area contributed by atoms with E-state index in [-0.39, 0.29) is 11.7 Å². The van der Waals surface area contributed by atoms with E-state index in [2.05, 4.69) is 43.8 Å². The predicted octanol–water partition coefficient (Wildman–Crippen LogP) is 3.93. The number of nitrogens with zero attached hydrogens (tertiary/aromatic N) is 5. The van der Waals surface area contributed by atoms with Gasteiger partial charge in [-0.05, 0) is 50.7 Å². The number of benzene rings is 1. The standard InChI is InChI=1S/C25H33FN6OS/c1-4-30(5-2)12-8-11-27-24(33)22-18(3)21-23(28-17-29-25(21)34-22)32-15-13-31(14-16-32)20-10-7-6-9-19(20)26/h6-7,9-10,17H,4-5,8,11-16H2,1-3H3,(H,27,33). The number of fused-ring (bicyclic) bond motifs is 1. The van der Waals surface area contributed by atoms with Gasteiger partial charge in [0.2, 0.25) is 0 Å². The highest BCUT2D eigenvalue weighted by Gasteiger charge is 2.25. The zero-order chi connectivity index (χ0) is 24.1. The second kappa shape index (κ2) is 11.1. The first-order valence-electron chi connectivity index (χ1n) is 12.0. The van der Waals surface area contributed by atoms with E-state index in [9.17, 15) is 9.18 Å². The maximum atomic E-state index is 14.2. The van der Waals surface area contributed by atoms with Gasteiger partial charge < -0.3 is 20.0 Å². The van der Waals surface area contributed by atoms with Crippen LogP contribution in [0.2, 0.25) is 0 Å². The lowest BCUT2D eigenvalue weighted by Crippen LogP contribution is -2.47. The Morgan fingerprint density at radius 1 is 1.12 bits per heavy atom. The van der Waals surface area contributed by atoms with Gasteiger partial charge in [0.25, 0.3) is 5.91 Å². The van der Waals surface area contributed by atoms with Crippen molar-refractivity contribution in [3.63, 3.8) is 0 Å². The van der Waals surface area contributed by atoms with Gasteiger partial charge in [-0.15, -0.1) is 11.3 Å².